The second kappa shape index (κ2) is 5.51. The third kappa shape index (κ3) is 3.06. The minimum atomic E-state index is 0.703. The molecule has 0 aliphatic rings. The van der Waals surface area contributed by atoms with E-state index < -0.39 is 0 Å². The lowest BCUT2D eigenvalue weighted by molar-refractivity contribution is 0.112. The second-order valence-corrected chi connectivity index (χ2v) is 3.51. The van der Waals surface area contributed by atoms with Crippen molar-refractivity contribution in [3.8, 4) is 5.75 Å². The predicted molar refractivity (Wildman–Crippen MR) is 60.4 cm³/mol. The van der Waals surface area contributed by atoms with Crippen molar-refractivity contribution in [3.05, 3.63) is 29.3 Å². The van der Waals surface area contributed by atoms with Crippen molar-refractivity contribution in [2.75, 3.05) is 20.7 Å². The van der Waals surface area contributed by atoms with E-state index in [2.05, 4.69) is 11.8 Å². The highest BCUT2D eigenvalue weighted by Crippen LogP contribution is 2.17. The van der Waals surface area contributed by atoms with E-state index in [1.54, 1.807) is 13.2 Å². The summed E-state index contributed by atoms with van der Waals surface area (Å²) in [5, 5.41) is 0. The maximum absolute atomic E-state index is 10.9. The van der Waals surface area contributed by atoms with Crippen LogP contribution >= 0.6 is 0 Å². The molecule has 0 bridgehead atoms. The average molecular weight is 207 g/mol. The molecule has 1 aromatic carbocycles. The van der Waals surface area contributed by atoms with Crippen LogP contribution in [0, 0.1) is 0 Å². The van der Waals surface area contributed by atoms with Gasteiger partial charge in [-0.1, -0.05) is 13.0 Å². The van der Waals surface area contributed by atoms with Crippen molar-refractivity contribution in [3.63, 3.8) is 0 Å². The van der Waals surface area contributed by atoms with Crippen molar-refractivity contribution < 1.29 is 9.53 Å². The van der Waals surface area contributed by atoms with Crippen LogP contribution in [0.1, 0.15) is 22.8 Å². The maximum Gasteiger partial charge on any atom is 0.150 e. The van der Waals surface area contributed by atoms with Gasteiger partial charge in [-0.15, -0.1) is 0 Å². The lowest BCUT2D eigenvalue weighted by Gasteiger charge is -2.15. The molecule has 0 heterocycles. The van der Waals surface area contributed by atoms with Crippen LogP contribution in [-0.4, -0.2) is 31.9 Å². The number of ether oxygens (including phenoxy) is 1. The largest absolute Gasteiger partial charge is 0.497 e. The van der Waals surface area contributed by atoms with Crippen molar-refractivity contribution in [1.82, 2.24) is 4.90 Å². The summed E-state index contributed by atoms with van der Waals surface area (Å²) in [6.45, 7) is 3.84. The van der Waals surface area contributed by atoms with E-state index in [0.29, 0.717) is 5.56 Å². The summed E-state index contributed by atoms with van der Waals surface area (Å²) in [7, 11) is 3.63. The van der Waals surface area contributed by atoms with Gasteiger partial charge in [-0.3, -0.25) is 4.79 Å². The zero-order valence-corrected chi connectivity index (χ0v) is 9.49. The normalized spacial score (nSPS) is 10.4. The Hall–Kier alpha value is -1.35. The quantitative estimate of drug-likeness (QED) is 0.691. The van der Waals surface area contributed by atoms with E-state index in [9.17, 15) is 4.79 Å². The number of nitrogens with zero attached hydrogens (tertiary/aromatic N) is 1. The number of rotatable bonds is 5. The Balaban J connectivity index is 2.92. The fraction of sp³-hybridized carbons (Fsp3) is 0.417. The number of carbonyl (C=O) groups excluding carboxylic acids is 1. The Labute approximate surface area is 90.7 Å². The Morgan fingerprint density at radius 3 is 2.73 bits per heavy atom. The molecular formula is C12H17NO2. The number of aldehydes is 1. The number of hydrogen-bond acceptors (Lipinski definition) is 3. The standard InChI is InChI=1S/C12H17NO2/c1-4-13(2)8-10-5-6-12(15-3)7-11(10)9-14/h5-7,9H,4,8H2,1-3H3. The van der Waals surface area contributed by atoms with E-state index in [4.69, 9.17) is 4.74 Å². The van der Waals surface area contributed by atoms with E-state index in [-0.39, 0.29) is 0 Å². The van der Waals surface area contributed by atoms with Crippen molar-refractivity contribution in [1.29, 1.82) is 0 Å². The van der Waals surface area contributed by atoms with Gasteiger partial charge in [0.1, 0.15) is 5.75 Å². The van der Waals surface area contributed by atoms with Crippen molar-refractivity contribution in [2.45, 2.75) is 13.5 Å². The summed E-state index contributed by atoms with van der Waals surface area (Å²) < 4.78 is 5.07. The first-order valence-corrected chi connectivity index (χ1v) is 5.02. The molecule has 3 heteroatoms. The molecule has 15 heavy (non-hydrogen) atoms. The van der Waals surface area contributed by atoms with Crippen LogP contribution in [0.2, 0.25) is 0 Å². The molecule has 3 nitrogen and oxygen atoms in total. The SMILES string of the molecule is CCN(C)Cc1ccc(OC)cc1C=O. The number of benzene rings is 1. The Kier molecular flexibility index (Phi) is 4.31. The van der Waals surface area contributed by atoms with Gasteiger partial charge in [0.25, 0.3) is 0 Å². The van der Waals surface area contributed by atoms with E-state index in [1.165, 1.54) is 0 Å². The summed E-state index contributed by atoms with van der Waals surface area (Å²) in [4.78, 5) is 13.0. The van der Waals surface area contributed by atoms with Gasteiger partial charge in [0.15, 0.2) is 6.29 Å². The molecule has 0 aliphatic heterocycles. The lowest BCUT2D eigenvalue weighted by Crippen LogP contribution is -2.17. The highest BCUT2D eigenvalue weighted by Gasteiger charge is 2.05. The highest BCUT2D eigenvalue weighted by molar-refractivity contribution is 5.78. The van der Waals surface area contributed by atoms with Gasteiger partial charge in [-0.25, -0.2) is 0 Å². The molecule has 0 saturated carbocycles. The molecule has 82 valence electrons. The van der Waals surface area contributed by atoms with Crippen LogP contribution < -0.4 is 4.74 Å². The molecule has 0 unspecified atom stereocenters. The summed E-state index contributed by atoms with van der Waals surface area (Å²) in [5.41, 5.74) is 1.74. The summed E-state index contributed by atoms with van der Waals surface area (Å²) >= 11 is 0. The van der Waals surface area contributed by atoms with Crippen LogP contribution in [0.3, 0.4) is 0 Å². The van der Waals surface area contributed by atoms with Crippen LogP contribution in [0.4, 0.5) is 0 Å². The van der Waals surface area contributed by atoms with Crippen molar-refractivity contribution in [2.24, 2.45) is 0 Å². The van der Waals surface area contributed by atoms with Crippen LogP contribution in [-0.2, 0) is 6.54 Å². The van der Waals surface area contributed by atoms with Gasteiger partial charge in [0, 0.05) is 12.1 Å². The molecule has 0 amide bonds. The molecule has 1 rings (SSSR count). The summed E-state index contributed by atoms with van der Waals surface area (Å²) in [5.74, 6) is 0.722. The van der Waals surface area contributed by atoms with Crippen molar-refractivity contribution >= 4 is 6.29 Å². The maximum atomic E-state index is 10.9. The predicted octanol–water partition coefficient (Wildman–Crippen LogP) is 1.96. The number of methoxy groups -OCH3 is 1. The summed E-state index contributed by atoms with van der Waals surface area (Å²) in [6.07, 6.45) is 0.876. The Bertz CT molecular complexity index is 336. The van der Waals surface area contributed by atoms with Crippen LogP contribution in [0.5, 0.6) is 5.75 Å². The van der Waals surface area contributed by atoms with E-state index in [1.807, 2.05) is 19.2 Å². The topological polar surface area (TPSA) is 29.5 Å². The fourth-order valence-electron chi connectivity index (χ4n) is 1.36. The van der Waals surface area contributed by atoms with Gasteiger partial charge >= 0.3 is 0 Å². The first kappa shape index (κ1) is 11.7. The third-order valence-electron chi connectivity index (χ3n) is 2.46. The molecule has 0 atom stereocenters. The second-order valence-electron chi connectivity index (χ2n) is 3.51. The van der Waals surface area contributed by atoms with Gasteiger partial charge in [-0.2, -0.15) is 0 Å². The van der Waals surface area contributed by atoms with Gasteiger partial charge in [-0.05, 0) is 31.3 Å². The Morgan fingerprint density at radius 1 is 1.47 bits per heavy atom. The van der Waals surface area contributed by atoms with Crippen LogP contribution in [0.15, 0.2) is 18.2 Å². The molecule has 1 aromatic rings. The first-order valence-electron chi connectivity index (χ1n) is 5.02. The Morgan fingerprint density at radius 2 is 2.20 bits per heavy atom. The minimum Gasteiger partial charge on any atom is -0.497 e. The first-order chi connectivity index (χ1) is 7.21. The van der Waals surface area contributed by atoms with Gasteiger partial charge in [0.2, 0.25) is 0 Å². The van der Waals surface area contributed by atoms with Gasteiger partial charge < -0.3 is 9.64 Å². The minimum absolute atomic E-state index is 0.703. The highest BCUT2D eigenvalue weighted by atomic mass is 16.5. The fourth-order valence-corrected chi connectivity index (χ4v) is 1.36. The average Bonchev–Trinajstić information content (AvgIpc) is 2.29. The molecule has 0 fully saturated rings. The number of carbonyl (C=O) groups is 1. The monoisotopic (exact) mass is 207 g/mol. The molecule has 0 aliphatic carbocycles. The molecule has 0 aromatic heterocycles. The third-order valence-corrected chi connectivity index (χ3v) is 2.46. The zero-order chi connectivity index (χ0) is 11.3. The van der Waals surface area contributed by atoms with Crippen LogP contribution in [0.25, 0.3) is 0 Å². The summed E-state index contributed by atoms with van der Waals surface area (Å²) in [6, 6.07) is 5.59. The molecule has 0 saturated heterocycles. The molecule has 0 spiro atoms. The van der Waals surface area contributed by atoms with Gasteiger partial charge in [0.05, 0.1) is 7.11 Å². The molecule has 0 N–H and O–H groups in total. The van der Waals surface area contributed by atoms with E-state index >= 15 is 0 Å². The zero-order valence-electron chi connectivity index (χ0n) is 9.49. The number of hydrogen-bond donors (Lipinski definition) is 0. The molecular weight excluding hydrogens is 190 g/mol. The van der Waals surface area contributed by atoms with E-state index in [0.717, 1.165) is 30.7 Å². The smallest absolute Gasteiger partial charge is 0.150 e. The lowest BCUT2D eigenvalue weighted by atomic mass is 10.1. The molecule has 0 radical (unpaired) electrons.